The number of benzene rings is 2. The lowest BCUT2D eigenvalue weighted by Crippen LogP contribution is -2.56. The first kappa shape index (κ1) is 31.6. The molecule has 0 unspecified atom stereocenters. The minimum atomic E-state index is -1.34. The number of fused-ring (bicyclic) bond motifs is 14. The number of ether oxygens (including phenoxy) is 2. The molecule has 238 valence electrons. The van der Waals surface area contributed by atoms with Crippen LogP contribution >= 0.6 is 0 Å². The van der Waals surface area contributed by atoms with Gasteiger partial charge in [-0.05, 0) is 37.5 Å². The van der Waals surface area contributed by atoms with E-state index in [1.807, 2.05) is 30.3 Å². The minimum Gasteiger partial charge on any atom is -0.492 e. The van der Waals surface area contributed by atoms with Crippen molar-refractivity contribution in [2.24, 2.45) is 0 Å². The Morgan fingerprint density at radius 1 is 1.04 bits per heavy atom. The van der Waals surface area contributed by atoms with Crippen LogP contribution < -0.4 is 26.0 Å². The number of aliphatic hydroxyl groups is 1. The normalized spacial score (nSPS) is 23.2. The average molecular weight is 620 g/mol. The summed E-state index contributed by atoms with van der Waals surface area (Å²) in [5.74, 6) is -0.860. The molecule has 0 aliphatic carbocycles. The van der Waals surface area contributed by atoms with Gasteiger partial charge >= 0.3 is 0 Å². The fourth-order valence-corrected chi connectivity index (χ4v) is 5.11. The molecule has 3 aromatic rings. The molecule has 14 nitrogen and oxygen atoms in total. The maximum atomic E-state index is 13.5. The number of hydrogen-bond donors (Lipinski definition) is 5. The number of hydrogen-bond acceptors (Lipinski definition) is 9. The van der Waals surface area contributed by atoms with Crippen LogP contribution in [0, 0.1) is 0 Å². The van der Waals surface area contributed by atoms with Crippen LogP contribution in [-0.2, 0) is 36.9 Å². The maximum Gasteiger partial charge on any atom is 0.249 e. The minimum absolute atomic E-state index is 0.113. The second-order valence-electron chi connectivity index (χ2n) is 10.9. The van der Waals surface area contributed by atoms with Gasteiger partial charge in [0, 0.05) is 18.6 Å². The molecule has 1 saturated heterocycles. The number of rotatable bonds is 4. The molecule has 14 heteroatoms. The molecule has 0 saturated carbocycles. The van der Waals surface area contributed by atoms with E-state index in [9.17, 15) is 24.3 Å². The van der Waals surface area contributed by atoms with Crippen LogP contribution in [0.3, 0.4) is 0 Å². The predicted octanol–water partition coefficient (Wildman–Crippen LogP) is 0.0145. The quantitative estimate of drug-likeness (QED) is 0.268. The van der Waals surface area contributed by atoms with Crippen LogP contribution in [-0.4, -0.2) is 88.1 Å². The molecular formula is C31H37N7O7. The molecule has 1 aromatic heterocycles. The number of carbonyl (C=O) groups is 4. The number of aromatic nitrogens is 3. The van der Waals surface area contributed by atoms with Crippen molar-refractivity contribution in [1.82, 2.24) is 36.0 Å². The molecule has 5 N–H and O–H groups in total. The highest BCUT2D eigenvalue weighted by Crippen LogP contribution is 2.20. The van der Waals surface area contributed by atoms with Crippen LogP contribution in [0.2, 0.25) is 0 Å². The molecule has 4 heterocycles. The fraction of sp³-hybridized carbons (Fsp3) is 0.419. The van der Waals surface area contributed by atoms with Gasteiger partial charge < -0.3 is 35.8 Å². The Bertz CT molecular complexity index is 1490. The lowest BCUT2D eigenvalue weighted by molar-refractivity contribution is -0.136. The molecule has 0 radical (unpaired) electrons. The molecular weight excluding hydrogens is 582 g/mol. The summed E-state index contributed by atoms with van der Waals surface area (Å²) in [4.78, 5) is 57.1. The van der Waals surface area contributed by atoms with Gasteiger partial charge in [-0.2, -0.15) is 5.10 Å². The Kier molecular flexibility index (Phi) is 10.4. The summed E-state index contributed by atoms with van der Waals surface area (Å²) in [6.45, 7) is 1.70. The standard InChI is InChI=1S/C31H37N7O7/c1-19-28-36-27(21-6-3-2-4-7-21)37-38(28)17-26(40)32-13-15-44-22-11-9-20(10-12-22)16-23(34-31(43)25-8-5-14-45-25)29(41)35-24(18-39)30(42)33-19/h2-4,6-7,9-12,19,23-25,39H,5,8,13-18H2,1H3,(H,32,40)(H,33,42)(H,34,43)(H,35,41)/t19-,23-,24-,25-/m0/s1. The first-order valence-corrected chi connectivity index (χ1v) is 14.9. The van der Waals surface area contributed by atoms with Crippen molar-refractivity contribution in [2.45, 2.75) is 57.0 Å². The largest absolute Gasteiger partial charge is 0.492 e. The first-order chi connectivity index (χ1) is 21.8. The SMILES string of the molecule is C[C@@H]1NC(=O)[C@H](CO)NC(=O)[C@@H](NC(=O)[C@@H]2CCCO2)Cc2ccc(cc2)OCCNC(=O)Cn2nc(-c3ccccc3)nc21. The Morgan fingerprint density at radius 3 is 2.53 bits per heavy atom. The van der Waals surface area contributed by atoms with Crippen molar-refractivity contribution in [3.05, 3.63) is 66.0 Å². The molecule has 1 fully saturated rings. The fourth-order valence-electron chi connectivity index (χ4n) is 5.11. The molecule has 4 atom stereocenters. The van der Waals surface area contributed by atoms with Crippen molar-refractivity contribution in [1.29, 1.82) is 0 Å². The molecule has 2 aromatic carbocycles. The van der Waals surface area contributed by atoms with Gasteiger partial charge in [0.2, 0.25) is 23.6 Å². The highest BCUT2D eigenvalue weighted by Gasteiger charge is 2.31. The van der Waals surface area contributed by atoms with Crippen molar-refractivity contribution in [3.63, 3.8) is 0 Å². The van der Waals surface area contributed by atoms with Gasteiger partial charge in [0.1, 0.15) is 42.9 Å². The first-order valence-electron chi connectivity index (χ1n) is 14.9. The van der Waals surface area contributed by atoms with Crippen LogP contribution in [0.5, 0.6) is 5.75 Å². The lowest BCUT2D eigenvalue weighted by Gasteiger charge is -2.24. The Morgan fingerprint density at radius 2 is 1.82 bits per heavy atom. The van der Waals surface area contributed by atoms with E-state index in [2.05, 4.69) is 31.3 Å². The third kappa shape index (κ3) is 8.22. The zero-order valence-electron chi connectivity index (χ0n) is 24.9. The molecule has 45 heavy (non-hydrogen) atoms. The number of amides is 4. The highest BCUT2D eigenvalue weighted by molar-refractivity contribution is 5.93. The van der Waals surface area contributed by atoms with E-state index in [0.717, 1.165) is 17.5 Å². The van der Waals surface area contributed by atoms with E-state index in [-0.39, 0.29) is 32.0 Å². The molecule has 2 bridgehead atoms. The summed E-state index contributed by atoms with van der Waals surface area (Å²) in [6, 6.07) is 13.0. The molecule has 0 spiro atoms. The smallest absolute Gasteiger partial charge is 0.249 e. The molecule has 3 aliphatic rings. The third-order valence-electron chi connectivity index (χ3n) is 7.50. The highest BCUT2D eigenvalue weighted by atomic mass is 16.5. The molecule has 3 aliphatic heterocycles. The van der Waals surface area contributed by atoms with Gasteiger partial charge in [0.25, 0.3) is 0 Å². The van der Waals surface area contributed by atoms with Crippen LogP contribution in [0.25, 0.3) is 11.4 Å². The van der Waals surface area contributed by atoms with Crippen molar-refractivity contribution >= 4 is 23.6 Å². The van der Waals surface area contributed by atoms with Gasteiger partial charge in [0.15, 0.2) is 5.82 Å². The van der Waals surface area contributed by atoms with E-state index in [4.69, 9.17) is 9.47 Å². The monoisotopic (exact) mass is 619 g/mol. The number of aliphatic hydroxyl groups excluding tert-OH is 1. The summed E-state index contributed by atoms with van der Waals surface area (Å²) < 4.78 is 12.7. The van der Waals surface area contributed by atoms with Gasteiger partial charge in [-0.15, -0.1) is 0 Å². The Balaban J connectivity index is 1.41. The van der Waals surface area contributed by atoms with E-state index in [1.54, 1.807) is 31.2 Å². The summed E-state index contributed by atoms with van der Waals surface area (Å²) >= 11 is 0. The summed E-state index contributed by atoms with van der Waals surface area (Å²) in [6.07, 6.45) is 0.738. The maximum absolute atomic E-state index is 13.5. The summed E-state index contributed by atoms with van der Waals surface area (Å²) in [5, 5.41) is 25.5. The third-order valence-corrected chi connectivity index (χ3v) is 7.50. The van der Waals surface area contributed by atoms with Crippen molar-refractivity contribution in [3.8, 4) is 17.1 Å². The van der Waals surface area contributed by atoms with Crippen molar-refractivity contribution in [2.75, 3.05) is 26.4 Å². The van der Waals surface area contributed by atoms with Gasteiger partial charge in [0.05, 0.1) is 19.2 Å². The number of carbonyl (C=O) groups excluding carboxylic acids is 4. The number of nitrogens with zero attached hydrogens (tertiary/aromatic N) is 3. The Labute approximate surface area is 259 Å². The van der Waals surface area contributed by atoms with E-state index < -0.39 is 48.6 Å². The summed E-state index contributed by atoms with van der Waals surface area (Å²) in [5.41, 5.74) is 1.45. The second kappa shape index (κ2) is 14.8. The topological polar surface area (TPSA) is 186 Å². The Hall–Kier alpha value is -4.82. The zero-order valence-corrected chi connectivity index (χ0v) is 24.9. The van der Waals surface area contributed by atoms with Gasteiger partial charge in [-0.3, -0.25) is 19.2 Å². The second-order valence-corrected chi connectivity index (χ2v) is 10.9. The van der Waals surface area contributed by atoms with Crippen LogP contribution in [0.15, 0.2) is 54.6 Å². The zero-order chi connectivity index (χ0) is 31.8. The molecule has 4 amide bonds. The lowest BCUT2D eigenvalue weighted by atomic mass is 10.0. The van der Waals surface area contributed by atoms with Crippen LogP contribution in [0.1, 0.15) is 37.2 Å². The van der Waals surface area contributed by atoms with Crippen LogP contribution in [0.4, 0.5) is 0 Å². The van der Waals surface area contributed by atoms with E-state index >= 15 is 0 Å². The van der Waals surface area contributed by atoms with E-state index in [0.29, 0.717) is 30.4 Å². The molecule has 6 rings (SSSR count). The van der Waals surface area contributed by atoms with Gasteiger partial charge in [-0.25, -0.2) is 9.67 Å². The predicted molar refractivity (Wildman–Crippen MR) is 161 cm³/mol. The number of nitrogens with one attached hydrogen (secondary N) is 4. The average Bonchev–Trinajstić information content (AvgIpc) is 3.73. The van der Waals surface area contributed by atoms with Crippen molar-refractivity contribution < 1.29 is 33.8 Å². The van der Waals surface area contributed by atoms with E-state index in [1.165, 1.54) is 4.68 Å². The summed E-state index contributed by atoms with van der Waals surface area (Å²) in [7, 11) is 0. The van der Waals surface area contributed by atoms with Gasteiger partial charge in [-0.1, -0.05) is 42.5 Å².